The maximum Gasteiger partial charge on any atom is 0.108 e. The minimum atomic E-state index is 0.240. The van der Waals surface area contributed by atoms with Gasteiger partial charge < -0.3 is 9.47 Å². The molecule has 0 saturated carbocycles. The lowest BCUT2D eigenvalue weighted by Gasteiger charge is -2.04. The van der Waals surface area contributed by atoms with Gasteiger partial charge in [-0.3, -0.25) is 0 Å². The molecule has 148 valence electrons. The number of hydrogen-bond acceptors (Lipinski definition) is 6. The van der Waals surface area contributed by atoms with Crippen LogP contribution >= 0.6 is 0 Å². The first-order chi connectivity index (χ1) is 12.2. The lowest BCUT2D eigenvalue weighted by molar-refractivity contribution is 0.0634. The van der Waals surface area contributed by atoms with Gasteiger partial charge in [-0.1, -0.05) is 10.4 Å². The van der Waals surface area contributed by atoms with Gasteiger partial charge in [0.05, 0.1) is 37.8 Å². The second-order valence-electron chi connectivity index (χ2n) is 7.29. The highest BCUT2D eigenvalue weighted by molar-refractivity contribution is 4.91. The summed E-state index contributed by atoms with van der Waals surface area (Å²) in [5.41, 5.74) is 1.78. The fraction of sp³-hybridized carbons (Fsp3) is 0.778. The summed E-state index contributed by atoms with van der Waals surface area (Å²) in [5, 5.41) is 16.0. The molecule has 0 unspecified atom stereocenters. The van der Waals surface area contributed by atoms with Gasteiger partial charge in [-0.05, 0) is 55.4 Å². The first kappa shape index (κ1) is 22.2. The van der Waals surface area contributed by atoms with Crippen molar-refractivity contribution in [2.75, 3.05) is 0 Å². The number of nitrogens with zero attached hydrogens (tertiary/aromatic N) is 6. The standard InChI is InChI=1S/2C9H17N3O/c2*1-7(2)12-5-9(10-11-12)6-13-8(3)4/h2*5,7-8H,6H2,1-4H3. The lowest BCUT2D eigenvalue weighted by atomic mass is 10.4. The van der Waals surface area contributed by atoms with E-state index in [1.165, 1.54) is 0 Å². The van der Waals surface area contributed by atoms with Crippen molar-refractivity contribution in [2.24, 2.45) is 0 Å². The molecule has 0 bridgehead atoms. The smallest absolute Gasteiger partial charge is 0.108 e. The van der Waals surface area contributed by atoms with Crippen molar-refractivity contribution in [3.8, 4) is 0 Å². The number of ether oxygens (including phenoxy) is 2. The third-order valence-corrected chi connectivity index (χ3v) is 3.30. The zero-order chi connectivity index (χ0) is 19.7. The molecule has 0 atom stereocenters. The summed E-state index contributed by atoms with van der Waals surface area (Å²) in [6.45, 7) is 17.4. The fourth-order valence-electron chi connectivity index (χ4n) is 1.77. The highest BCUT2D eigenvalue weighted by Crippen LogP contribution is 2.05. The number of aromatic nitrogens is 6. The monoisotopic (exact) mass is 366 g/mol. The predicted octanol–water partition coefficient (Wildman–Crippen LogP) is 3.57. The van der Waals surface area contributed by atoms with Crippen molar-refractivity contribution in [1.29, 1.82) is 0 Å². The SMILES string of the molecule is CC(C)OCc1cn(C(C)C)nn1.CC(C)OCc1cn(C(C)C)nn1. The van der Waals surface area contributed by atoms with Crippen LogP contribution in [-0.4, -0.2) is 42.2 Å². The molecule has 0 amide bonds. The molecule has 0 aliphatic heterocycles. The summed E-state index contributed by atoms with van der Waals surface area (Å²) in [7, 11) is 0. The van der Waals surface area contributed by atoms with Crippen LogP contribution in [0.25, 0.3) is 0 Å². The van der Waals surface area contributed by atoms with Crippen molar-refractivity contribution in [3.05, 3.63) is 23.8 Å². The quantitative estimate of drug-likeness (QED) is 0.710. The van der Waals surface area contributed by atoms with Crippen LogP contribution in [0, 0.1) is 0 Å². The highest BCUT2D eigenvalue weighted by Gasteiger charge is 2.05. The van der Waals surface area contributed by atoms with Gasteiger partial charge >= 0.3 is 0 Å². The molecule has 2 aromatic rings. The zero-order valence-corrected chi connectivity index (χ0v) is 17.4. The zero-order valence-electron chi connectivity index (χ0n) is 17.4. The Balaban J connectivity index is 0.000000260. The third kappa shape index (κ3) is 8.53. The van der Waals surface area contributed by atoms with Crippen LogP contribution in [0.2, 0.25) is 0 Å². The third-order valence-electron chi connectivity index (χ3n) is 3.30. The molecule has 26 heavy (non-hydrogen) atoms. The molecule has 0 fully saturated rings. The highest BCUT2D eigenvalue weighted by atomic mass is 16.5. The van der Waals surface area contributed by atoms with Gasteiger partial charge in [0, 0.05) is 12.1 Å². The van der Waals surface area contributed by atoms with E-state index >= 15 is 0 Å². The van der Waals surface area contributed by atoms with Gasteiger partial charge in [0.2, 0.25) is 0 Å². The molecular weight excluding hydrogens is 332 g/mol. The molecule has 0 aliphatic rings. The van der Waals surface area contributed by atoms with Crippen molar-refractivity contribution in [1.82, 2.24) is 30.0 Å². The molecule has 2 aromatic heterocycles. The summed E-state index contributed by atoms with van der Waals surface area (Å²) < 4.78 is 14.5. The van der Waals surface area contributed by atoms with Gasteiger partial charge in [-0.15, -0.1) is 10.2 Å². The van der Waals surface area contributed by atoms with Gasteiger partial charge in [-0.25, -0.2) is 9.36 Å². The van der Waals surface area contributed by atoms with E-state index < -0.39 is 0 Å². The van der Waals surface area contributed by atoms with Crippen molar-refractivity contribution in [2.45, 2.75) is 92.9 Å². The van der Waals surface area contributed by atoms with Gasteiger partial charge in [0.15, 0.2) is 0 Å². The van der Waals surface area contributed by atoms with Gasteiger partial charge in [0.25, 0.3) is 0 Å². The van der Waals surface area contributed by atoms with Crippen LogP contribution in [-0.2, 0) is 22.7 Å². The second kappa shape index (κ2) is 11.0. The first-order valence-corrected chi connectivity index (χ1v) is 9.23. The normalized spacial score (nSPS) is 11.5. The molecule has 0 aromatic carbocycles. The lowest BCUT2D eigenvalue weighted by Crippen LogP contribution is -2.02. The molecule has 2 heterocycles. The number of rotatable bonds is 8. The number of hydrogen-bond donors (Lipinski definition) is 0. The molecule has 0 radical (unpaired) electrons. The topological polar surface area (TPSA) is 79.9 Å². The van der Waals surface area contributed by atoms with Gasteiger partial charge in [0.1, 0.15) is 11.4 Å². The molecule has 0 saturated heterocycles. The molecule has 8 nitrogen and oxygen atoms in total. The average molecular weight is 367 g/mol. The molecule has 0 N–H and O–H groups in total. The second-order valence-corrected chi connectivity index (χ2v) is 7.29. The molecule has 0 spiro atoms. The molecule has 0 aliphatic carbocycles. The largest absolute Gasteiger partial charge is 0.372 e. The average Bonchev–Trinajstić information content (AvgIpc) is 3.21. The van der Waals surface area contributed by atoms with E-state index in [0.717, 1.165) is 11.4 Å². The summed E-state index contributed by atoms with van der Waals surface area (Å²) in [4.78, 5) is 0. The van der Waals surface area contributed by atoms with Gasteiger partial charge in [-0.2, -0.15) is 0 Å². The van der Waals surface area contributed by atoms with E-state index in [4.69, 9.17) is 9.47 Å². The molecular formula is C18H34N6O2. The Bertz CT molecular complexity index is 564. The predicted molar refractivity (Wildman–Crippen MR) is 101 cm³/mol. The Kier molecular flexibility index (Phi) is 9.43. The maximum absolute atomic E-state index is 5.41. The van der Waals surface area contributed by atoms with Crippen LogP contribution in [0.5, 0.6) is 0 Å². The van der Waals surface area contributed by atoms with Crippen molar-refractivity contribution < 1.29 is 9.47 Å². The van der Waals surface area contributed by atoms with Crippen LogP contribution in [0.4, 0.5) is 0 Å². The summed E-state index contributed by atoms with van der Waals surface area (Å²) in [6, 6.07) is 0.723. The Morgan fingerprint density at radius 3 is 1.27 bits per heavy atom. The Hall–Kier alpha value is -1.80. The van der Waals surface area contributed by atoms with Crippen LogP contribution in [0.1, 0.15) is 78.9 Å². The van der Waals surface area contributed by atoms with E-state index in [9.17, 15) is 0 Å². The Labute approximate surface area is 156 Å². The minimum Gasteiger partial charge on any atom is -0.372 e. The van der Waals surface area contributed by atoms with E-state index in [-0.39, 0.29) is 12.2 Å². The van der Waals surface area contributed by atoms with Crippen LogP contribution in [0.3, 0.4) is 0 Å². The van der Waals surface area contributed by atoms with E-state index in [1.807, 2.05) is 49.5 Å². The summed E-state index contributed by atoms with van der Waals surface area (Å²) in [5.74, 6) is 0. The van der Waals surface area contributed by atoms with E-state index in [2.05, 4.69) is 48.3 Å². The van der Waals surface area contributed by atoms with Crippen LogP contribution in [0.15, 0.2) is 12.4 Å². The minimum absolute atomic E-state index is 0.240. The fourth-order valence-corrected chi connectivity index (χ4v) is 1.77. The summed E-state index contributed by atoms with van der Waals surface area (Å²) in [6.07, 6.45) is 4.33. The van der Waals surface area contributed by atoms with Crippen molar-refractivity contribution >= 4 is 0 Å². The molecule has 2 rings (SSSR count). The Morgan fingerprint density at radius 2 is 1.04 bits per heavy atom. The first-order valence-electron chi connectivity index (χ1n) is 9.23. The van der Waals surface area contributed by atoms with E-state index in [0.29, 0.717) is 25.3 Å². The van der Waals surface area contributed by atoms with Crippen LogP contribution < -0.4 is 0 Å². The Morgan fingerprint density at radius 1 is 0.692 bits per heavy atom. The van der Waals surface area contributed by atoms with Crippen molar-refractivity contribution in [3.63, 3.8) is 0 Å². The summed E-state index contributed by atoms with van der Waals surface area (Å²) >= 11 is 0. The van der Waals surface area contributed by atoms with E-state index in [1.54, 1.807) is 0 Å². The molecule has 8 heteroatoms. The maximum atomic E-state index is 5.41.